The SMILES string of the molecule is O=C(CCC1CCCCC1)N1CCCC(O)C1. The molecule has 0 aromatic rings. The van der Waals surface area contributed by atoms with Gasteiger partial charge in [-0.15, -0.1) is 0 Å². The lowest BCUT2D eigenvalue weighted by Crippen LogP contribution is -2.42. The van der Waals surface area contributed by atoms with Crippen LogP contribution < -0.4 is 0 Å². The van der Waals surface area contributed by atoms with Crippen molar-refractivity contribution in [1.29, 1.82) is 0 Å². The van der Waals surface area contributed by atoms with Gasteiger partial charge >= 0.3 is 0 Å². The van der Waals surface area contributed by atoms with Crippen molar-refractivity contribution in [2.24, 2.45) is 5.92 Å². The fraction of sp³-hybridized carbons (Fsp3) is 0.929. The number of nitrogens with zero attached hydrogens (tertiary/aromatic N) is 1. The van der Waals surface area contributed by atoms with Gasteiger partial charge in [-0.3, -0.25) is 4.79 Å². The van der Waals surface area contributed by atoms with Crippen LogP contribution in [0.2, 0.25) is 0 Å². The largest absolute Gasteiger partial charge is 0.391 e. The molecular formula is C14H25NO2. The lowest BCUT2D eigenvalue weighted by atomic mass is 9.86. The van der Waals surface area contributed by atoms with Crippen LogP contribution in [0.3, 0.4) is 0 Å². The highest BCUT2D eigenvalue weighted by Crippen LogP contribution is 2.27. The van der Waals surface area contributed by atoms with Crippen molar-refractivity contribution in [3.05, 3.63) is 0 Å². The Balaban J connectivity index is 1.69. The molecule has 0 aromatic carbocycles. The summed E-state index contributed by atoms with van der Waals surface area (Å²) in [6, 6.07) is 0. The van der Waals surface area contributed by atoms with Gasteiger partial charge in [-0.25, -0.2) is 0 Å². The van der Waals surface area contributed by atoms with Crippen LogP contribution >= 0.6 is 0 Å². The first kappa shape index (κ1) is 12.9. The summed E-state index contributed by atoms with van der Waals surface area (Å²) >= 11 is 0. The molecule has 3 heteroatoms. The van der Waals surface area contributed by atoms with E-state index >= 15 is 0 Å². The molecule has 1 saturated carbocycles. The summed E-state index contributed by atoms with van der Waals surface area (Å²) < 4.78 is 0. The average molecular weight is 239 g/mol. The second-order valence-corrected chi connectivity index (χ2v) is 5.68. The number of β-amino-alcohol motifs (C(OH)–C–C–N with tert-alkyl or cyclic N) is 1. The second-order valence-electron chi connectivity index (χ2n) is 5.68. The molecule has 1 aliphatic carbocycles. The number of hydrogen-bond acceptors (Lipinski definition) is 2. The zero-order valence-corrected chi connectivity index (χ0v) is 10.7. The summed E-state index contributed by atoms with van der Waals surface area (Å²) in [7, 11) is 0. The number of carbonyl (C=O) groups excluding carboxylic acids is 1. The van der Waals surface area contributed by atoms with Gasteiger partial charge < -0.3 is 10.0 Å². The third-order valence-electron chi connectivity index (χ3n) is 4.24. The molecule has 1 aliphatic heterocycles. The van der Waals surface area contributed by atoms with Crippen LogP contribution in [0.25, 0.3) is 0 Å². The highest BCUT2D eigenvalue weighted by molar-refractivity contribution is 5.76. The van der Waals surface area contributed by atoms with Gasteiger partial charge in [0.05, 0.1) is 6.10 Å². The summed E-state index contributed by atoms with van der Waals surface area (Å²) in [5, 5.41) is 9.55. The number of rotatable bonds is 3. The van der Waals surface area contributed by atoms with Crippen LogP contribution in [0.5, 0.6) is 0 Å². The highest BCUT2D eigenvalue weighted by Gasteiger charge is 2.23. The Morgan fingerprint density at radius 3 is 2.59 bits per heavy atom. The Kier molecular flexibility index (Phi) is 4.84. The van der Waals surface area contributed by atoms with E-state index in [2.05, 4.69) is 0 Å². The number of likely N-dealkylation sites (tertiary alicyclic amines) is 1. The molecule has 0 aromatic heterocycles. The predicted molar refractivity (Wildman–Crippen MR) is 67.6 cm³/mol. The maximum atomic E-state index is 12.0. The van der Waals surface area contributed by atoms with Crippen molar-refractivity contribution < 1.29 is 9.90 Å². The highest BCUT2D eigenvalue weighted by atomic mass is 16.3. The number of aliphatic hydroxyl groups is 1. The van der Waals surface area contributed by atoms with Crippen molar-refractivity contribution in [3.8, 4) is 0 Å². The number of aliphatic hydroxyl groups excluding tert-OH is 1. The Bertz CT molecular complexity index is 249. The molecule has 1 unspecified atom stereocenters. The molecule has 1 N–H and O–H groups in total. The first-order chi connectivity index (χ1) is 8.25. The van der Waals surface area contributed by atoms with E-state index in [0.29, 0.717) is 13.0 Å². The first-order valence-corrected chi connectivity index (χ1v) is 7.21. The molecule has 1 amide bonds. The Labute approximate surface area is 104 Å². The maximum absolute atomic E-state index is 12.0. The summed E-state index contributed by atoms with van der Waals surface area (Å²) in [6.45, 7) is 1.41. The molecule has 0 spiro atoms. The summed E-state index contributed by atoms with van der Waals surface area (Å²) in [4.78, 5) is 13.9. The van der Waals surface area contributed by atoms with E-state index in [9.17, 15) is 9.90 Å². The molecule has 98 valence electrons. The minimum absolute atomic E-state index is 0.259. The van der Waals surface area contributed by atoms with Crippen molar-refractivity contribution in [2.75, 3.05) is 13.1 Å². The van der Waals surface area contributed by atoms with Gasteiger partial charge in [0.15, 0.2) is 0 Å². The van der Waals surface area contributed by atoms with E-state index in [-0.39, 0.29) is 12.0 Å². The molecule has 1 heterocycles. The first-order valence-electron chi connectivity index (χ1n) is 7.21. The van der Waals surface area contributed by atoms with Crippen molar-refractivity contribution >= 4 is 5.91 Å². The fourth-order valence-corrected chi connectivity index (χ4v) is 3.14. The van der Waals surface area contributed by atoms with E-state index in [4.69, 9.17) is 0 Å². The Hall–Kier alpha value is -0.570. The van der Waals surface area contributed by atoms with Gasteiger partial charge in [-0.05, 0) is 25.2 Å². The van der Waals surface area contributed by atoms with Crippen LogP contribution in [0.1, 0.15) is 57.8 Å². The van der Waals surface area contributed by atoms with E-state index in [1.54, 1.807) is 0 Å². The van der Waals surface area contributed by atoms with E-state index in [0.717, 1.165) is 31.7 Å². The number of hydrogen-bond donors (Lipinski definition) is 1. The minimum Gasteiger partial charge on any atom is -0.391 e. The quantitative estimate of drug-likeness (QED) is 0.821. The average Bonchev–Trinajstić information content (AvgIpc) is 2.37. The van der Waals surface area contributed by atoms with Gasteiger partial charge in [0.25, 0.3) is 0 Å². The lowest BCUT2D eigenvalue weighted by molar-refractivity contribution is -0.134. The smallest absolute Gasteiger partial charge is 0.222 e. The standard InChI is InChI=1S/C14H25NO2/c16-13-7-4-10-15(11-13)14(17)9-8-12-5-2-1-3-6-12/h12-13,16H,1-11H2. The molecule has 2 aliphatic rings. The molecule has 2 fully saturated rings. The summed E-state index contributed by atoms with van der Waals surface area (Å²) in [5.74, 6) is 1.04. The van der Waals surface area contributed by atoms with Gasteiger partial charge in [0.1, 0.15) is 0 Å². The lowest BCUT2D eigenvalue weighted by Gasteiger charge is -2.31. The maximum Gasteiger partial charge on any atom is 0.222 e. The predicted octanol–water partition coefficient (Wildman–Crippen LogP) is 2.33. The molecule has 3 nitrogen and oxygen atoms in total. The molecule has 1 saturated heterocycles. The monoisotopic (exact) mass is 239 g/mol. The molecular weight excluding hydrogens is 214 g/mol. The third-order valence-corrected chi connectivity index (χ3v) is 4.24. The number of piperidine rings is 1. The Morgan fingerprint density at radius 1 is 1.12 bits per heavy atom. The fourth-order valence-electron chi connectivity index (χ4n) is 3.14. The Morgan fingerprint density at radius 2 is 1.88 bits per heavy atom. The molecule has 0 radical (unpaired) electrons. The van der Waals surface area contributed by atoms with Gasteiger partial charge in [-0.1, -0.05) is 32.1 Å². The number of carbonyl (C=O) groups is 1. The van der Waals surface area contributed by atoms with Crippen LogP contribution in [0, 0.1) is 5.92 Å². The van der Waals surface area contributed by atoms with Crippen molar-refractivity contribution in [2.45, 2.75) is 63.9 Å². The van der Waals surface area contributed by atoms with Crippen molar-refractivity contribution in [1.82, 2.24) is 4.90 Å². The van der Waals surface area contributed by atoms with Crippen LogP contribution in [0.4, 0.5) is 0 Å². The number of amides is 1. The van der Waals surface area contributed by atoms with Gasteiger partial charge in [0, 0.05) is 19.5 Å². The van der Waals surface area contributed by atoms with Gasteiger partial charge in [0.2, 0.25) is 5.91 Å². The van der Waals surface area contributed by atoms with Crippen LogP contribution in [-0.4, -0.2) is 35.1 Å². The normalized spacial score (nSPS) is 27.1. The molecule has 17 heavy (non-hydrogen) atoms. The van der Waals surface area contributed by atoms with E-state index < -0.39 is 0 Å². The van der Waals surface area contributed by atoms with Gasteiger partial charge in [-0.2, -0.15) is 0 Å². The van der Waals surface area contributed by atoms with E-state index in [1.165, 1.54) is 32.1 Å². The third kappa shape index (κ3) is 3.98. The second kappa shape index (κ2) is 6.39. The summed E-state index contributed by atoms with van der Waals surface area (Å²) in [6.07, 6.45) is 9.98. The van der Waals surface area contributed by atoms with Crippen LogP contribution in [0.15, 0.2) is 0 Å². The zero-order chi connectivity index (χ0) is 12.1. The molecule has 2 rings (SSSR count). The molecule has 0 bridgehead atoms. The zero-order valence-electron chi connectivity index (χ0n) is 10.7. The summed E-state index contributed by atoms with van der Waals surface area (Å²) in [5.41, 5.74) is 0. The van der Waals surface area contributed by atoms with E-state index in [1.807, 2.05) is 4.90 Å². The van der Waals surface area contributed by atoms with Crippen molar-refractivity contribution in [3.63, 3.8) is 0 Å². The molecule has 1 atom stereocenters. The minimum atomic E-state index is -0.289. The van der Waals surface area contributed by atoms with Crippen LogP contribution in [-0.2, 0) is 4.79 Å². The topological polar surface area (TPSA) is 40.5 Å².